The molecule has 5 aromatic carbocycles. The van der Waals surface area contributed by atoms with Crippen LogP contribution in [0.25, 0.3) is 11.1 Å². The van der Waals surface area contributed by atoms with Crippen LogP contribution < -0.4 is 44.4 Å². The van der Waals surface area contributed by atoms with Crippen LogP contribution in [-0.4, -0.2) is 134 Å². The van der Waals surface area contributed by atoms with Crippen LogP contribution >= 0.6 is 0 Å². The second-order valence-corrected chi connectivity index (χ2v) is 22.1. The third kappa shape index (κ3) is 14.0. The number of carbonyl (C=O) groups excluding carboxylic acids is 7. The number of aliphatic imine (C=N–C) groups is 2. The van der Waals surface area contributed by atoms with Gasteiger partial charge in [0.2, 0.25) is 17.7 Å². The standard InChI is InChI=1S/C67H67N9O13/c1-39(2)62(73-60(77)11-8-7-9-24-74-61(78)33-59(67(74)83)89-50-20-12-41(34-68)13-21-50)64(80)71-40(3)63(79)72-46-18-14-42(15-19-46)44-27-47-35-69-53-31-57(55(85-5)29-51(53)65(81)75(47)37-44)87-25-10-26-88-58-32-54-52(30-56(58)86-6)66(82)76-38-45(28-48(76)36-70-54)43-16-22-49(84-4)23-17-43/h12-23,29-33,35-40,47-48,62H,7-11,24-28H2,1-6H3,(H,71,80)(H,72,79)(H,73,77)/t40?,47-,48-,62-/m0/s1. The van der Waals surface area contributed by atoms with Gasteiger partial charge in [0, 0.05) is 74.9 Å². The number of unbranched alkanes of at least 4 members (excludes halogenated alkanes) is 2. The van der Waals surface area contributed by atoms with Crippen molar-refractivity contribution in [1.29, 1.82) is 5.26 Å². The smallest absolute Gasteiger partial charge is 0.296 e. The van der Waals surface area contributed by atoms with Crippen LogP contribution in [0.5, 0.6) is 34.5 Å². The van der Waals surface area contributed by atoms with E-state index in [1.54, 1.807) is 105 Å². The molecule has 7 amide bonds. The molecule has 0 aromatic heterocycles. The fraction of sp³-hybridized carbons (Fsp3) is 0.313. The minimum Gasteiger partial charge on any atom is -0.497 e. The minimum atomic E-state index is -0.958. The Morgan fingerprint density at radius 2 is 1.18 bits per heavy atom. The van der Waals surface area contributed by atoms with Crippen molar-refractivity contribution >= 4 is 82.0 Å². The molecule has 5 aliphatic rings. The highest BCUT2D eigenvalue weighted by Gasteiger charge is 2.37. The Bertz CT molecular complexity index is 3790. The first-order valence-corrected chi connectivity index (χ1v) is 29.3. The SMILES string of the molecule is COc1ccc(C2=CN3C(=O)c4cc(OC)c(OCCCOc5cc6c(cc5OC)C(=O)N5C=C(c7ccc(NC(=O)C(C)NC(=O)[C@@H](NC(=O)CCCCCN8C(=O)C=C(Oc9ccc(C#N)cc9)C8=O)C(C)C)cc7)C[C@H]5C=N6)cc4N=C[C@@H]3C2)cc1. The molecule has 0 spiro atoms. The molecule has 0 aliphatic carbocycles. The van der Waals surface area contributed by atoms with Crippen LogP contribution in [0, 0.1) is 17.2 Å². The van der Waals surface area contributed by atoms with Crippen LogP contribution in [0.2, 0.25) is 0 Å². The van der Waals surface area contributed by atoms with Crippen molar-refractivity contribution in [2.75, 3.05) is 46.4 Å². The number of nitrogens with zero attached hydrogens (tertiary/aromatic N) is 6. The molecular formula is C67H67N9O13. The lowest BCUT2D eigenvalue weighted by atomic mass is 10.0. The first-order chi connectivity index (χ1) is 43.0. The molecule has 0 radical (unpaired) electrons. The number of hydrogen-bond donors (Lipinski definition) is 3. The summed E-state index contributed by atoms with van der Waals surface area (Å²) < 4.78 is 34.6. The highest BCUT2D eigenvalue weighted by Crippen LogP contribution is 2.42. The van der Waals surface area contributed by atoms with E-state index >= 15 is 0 Å². The van der Waals surface area contributed by atoms with E-state index in [2.05, 4.69) is 16.0 Å². The van der Waals surface area contributed by atoms with E-state index in [4.69, 9.17) is 43.7 Å². The first-order valence-electron chi connectivity index (χ1n) is 29.3. The van der Waals surface area contributed by atoms with Gasteiger partial charge in [0.15, 0.2) is 28.8 Å². The Hall–Kier alpha value is -10.6. The summed E-state index contributed by atoms with van der Waals surface area (Å²) in [5.74, 6) is -0.640. The predicted molar refractivity (Wildman–Crippen MR) is 330 cm³/mol. The van der Waals surface area contributed by atoms with Gasteiger partial charge in [-0.2, -0.15) is 5.26 Å². The Morgan fingerprint density at radius 1 is 0.629 bits per heavy atom. The molecule has 5 aromatic rings. The summed E-state index contributed by atoms with van der Waals surface area (Å²) in [4.78, 5) is 107. The zero-order valence-electron chi connectivity index (χ0n) is 50.1. The van der Waals surface area contributed by atoms with E-state index in [1.165, 1.54) is 26.4 Å². The lowest BCUT2D eigenvalue weighted by Gasteiger charge is -2.24. The van der Waals surface area contributed by atoms with Crippen molar-refractivity contribution in [2.24, 2.45) is 15.9 Å². The summed E-state index contributed by atoms with van der Waals surface area (Å²) in [5, 5.41) is 17.3. The van der Waals surface area contributed by atoms with Gasteiger partial charge in [-0.1, -0.05) is 44.5 Å². The van der Waals surface area contributed by atoms with Gasteiger partial charge in [0.25, 0.3) is 23.6 Å². The van der Waals surface area contributed by atoms with Crippen LogP contribution in [0.15, 0.2) is 131 Å². The minimum absolute atomic E-state index is 0.100. The Morgan fingerprint density at radius 3 is 1.71 bits per heavy atom. The number of amides is 7. The summed E-state index contributed by atoms with van der Waals surface area (Å²) in [5.41, 5.74) is 6.29. The van der Waals surface area contributed by atoms with E-state index in [0.29, 0.717) is 101 Å². The third-order valence-electron chi connectivity index (χ3n) is 15.7. The van der Waals surface area contributed by atoms with E-state index in [9.17, 15) is 33.6 Å². The monoisotopic (exact) mass is 1210 g/mol. The lowest BCUT2D eigenvalue weighted by Crippen LogP contribution is -2.53. The average molecular weight is 1210 g/mol. The molecule has 89 heavy (non-hydrogen) atoms. The van der Waals surface area contributed by atoms with Crippen LogP contribution in [0.4, 0.5) is 17.1 Å². The zero-order chi connectivity index (χ0) is 62.9. The van der Waals surface area contributed by atoms with Gasteiger partial charge in [0.1, 0.15) is 23.6 Å². The number of imide groups is 1. The average Bonchev–Trinajstić information content (AvgIpc) is 1.88. The second-order valence-electron chi connectivity index (χ2n) is 22.1. The molecule has 0 saturated carbocycles. The highest BCUT2D eigenvalue weighted by atomic mass is 16.5. The van der Waals surface area contributed by atoms with Crippen LogP contribution in [0.1, 0.15) is 103 Å². The molecule has 10 rings (SSSR count). The second kappa shape index (κ2) is 27.4. The third-order valence-corrected chi connectivity index (χ3v) is 15.7. The molecule has 0 bridgehead atoms. The van der Waals surface area contributed by atoms with E-state index < -0.39 is 35.7 Å². The summed E-state index contributed by atoms with van der Waals surface area (Å²) >= 11 is 0. The molecule has 0 fully saturated rings. The molecule has 1 unspecified atom stereocenters. The molecule has 0 saturated heterocycles. The maximum atomic E-state index is 14.2. The fourth-order valence-corrected chi connectivity index (χ4v) is 10.8. The molecule has 458 valence electrons. The van der Waals surface area contributed by atoms with Gasteiger partial charge >= 0.3 is 0 Å². The number of fused-ring (bicyclic) bond motifs is 4. The maximum Gasteiger partial charge on any atom is 0.296 e. The maximum absolute atomic E-state index is 14.2. The fourth-order valence-electron chi connectivity index (χ4n) is 10.8. The van der Waals surface area contributed by atoms with Crippen molar-refractivity contribution in [3.05, 3.63) is 149 Å². The molecule has 22 nitrogen and oxygen atoms in total. The van der Waals surface area contributed by atoms with Crippen molar-refractivity contribution in [3.63, 3.8) is 0 Å². The number of hydrogen-bond acceptors (Lipinski definition) is 16. The number of methoxy groups -OCH3 is 3. The Balaban J connectivity index is 0.659. The normalized spacial score (nSPS) is 17.0. The highest BCUT2D eigenvalue weighted by molar-refractivity contribution is 6.15. The number of nitrogens with one attached hydrogen (secondary N) is 3. The molecular weight excluding hydrogens is 1140 g/mol. The number of benzene rings is 5. The van der Waals surface area contributed by atoms with Gasteiger partial charge in [-0.05, 0) is 109 Å². The summed E-state index contributed by atoms with van der Waals surface area (Å²) in [6, 6.07) is 27.2. The van der Waals surface area contributed by atoms with Gasteiger partial charge in [-0.25, -0.2) is 0 Å². The van der Waals surface area contributed by atoms with Crippen molar-refractivity contribution in [3.8, 4) is 40.6 Å². The number of ether oxygens (including phenoxy) is 6. The molecule has 5 aliphatic heterocycles. The number of carbonyl (C=O) groups is 7. The molecule has 4 atom stereocenters. The Kier molecular flexibility index (Phi) is 19.0. The number of rotatable bonds is 25. The van der Waals surface area contributed by atoms with Crippen molar-refractivity contribution in [1.82, 2.24) is 25.3 Å². The van der Waals surface area contributed by atoms with E-state index in [1.807, 2.05) is 48.7 Å². The van der Waals surface area contributed by atoms with Gasteiger partial charge in [-0.15, -0.1) is 0 Å². The van der Waals surface area contributed by atoms with Gasteiger partial charge in [-0.3, -0.25) is 48.4 Å². The van der Waals surface area contributed by atoms with E-state index in [-0.39, 0.29) is 67.7 Å². The number of anilines is 1. The topological polar surface area (TPSA) is 269 Å². The first kappa shape index (κ1) is 61.5. The van der Waals surface area contributed by atoms with Crippen LogP contribution in [-0.2, 0) is 24.0 Å². The predicted octanol–water partition coefficient (Wildman–Crippen LogP) is 8.85. The number of nitriles is 1. The van der Waals surface area contributed by atoms with Crippen molar-refractivity contribution < 1.29 is 62.0 Å². The van der Waals surface area contributed by atoms with Gasteiger partial charge < -0.3 is 54.2 Å². The summed E-state index contributed by atoms with van der Waals surface area (Å²) in [6.45, 7) is 5.73. The zero-order valence-corrected chi connectivity index (χ0v) is 50.1. The molecule has 5 heterocycles. The largest absolute Gasteiger partial charge is 0.497 e. The summed E-state index contributed by atoms with van der Waals surface area (Å²) in [7, 11) is 4.64. The van der Waals surface area contributed by atoms with Crippen molar-refractivity contribution in [2.45, 2.75) is 89.9 Å². The Labute approximate surface area is 514 Å². The molecule has 22 heteroatoms. The summed E-state index contributed by atoms with van der Waals surface area (Å²) in [6.07, 6.45) is 11.4. The quantitative estimate of drug-likeness (QED) is 0.0364. The van der Waals surface area contributed by atoms with E-state index in [0.717, 1.165) is 39.0 Å². The molecule has 3 N–H and O–H groups in total. The van der Waals surface area contributed by atoms with Crippen LogP contribution in [0.3, 0.4) is 0 Å². The lowest BCUT2D eigenvalue weighted by molar-refractivity contribution is -0.138. The van der Waals surface area contributed by atoms with Gasteiger partial charge in [0.05, 0.1) is 86.8 Å².